The van der Waals surface area contributed by atoms with E-state index in [1.807, 2.05) is 65.3 Å². The molecular weight excluding hydrogens is 450 g/mol. The van der Waals surface area contributed by atoms with Crippen LogP contribution in [0.15, 0.2) is 67.0 Å². The third-order valence-electron chi connectivity index (χ3n) is 6.18. The predicted molar refractivity (Wildman–Crippen MR) is 133 cm³/mol. The fourth-order valence-electron chi connectivity index (χ4n) is 4.44. The van der Waals surface area contributed by atoms with Crippen LogP contribution in [0, 0.1) is 5.92 Å². The molecule has 1 atom stereocenters. The summed E-state index contributed by atoms with van der Waals surface area (Å²) in [5, 5.41) is 8.48. The van der Waals surface area contributed by atoms with E-state index in [1.54, 1.807) is 13.3 Å². The zero-order chi connectivity index (χ0) is 23.5. The third kappa shape index (κ3) is 4.70. The molecule has 0 spiro atoms. The number of nitrogens with one attached hydrogen (secondary N) is 1. The molecule has 3 heterocycles. The summed E-state index contributed by atoms with van der Waals surface area (Å²) in [6.07, 6.45) is 5.39. The van der Waals surface area contributed by atoms with E-state index < -0.39 is 0 Å². The molecule has 1 aliphatic rings. The summed E-state index contributed by atoms with van der Waals surface area (Å²) in [6, 6.07) is 17.4. The number of nitrogens with zero attached hydrogens (tertiary/aromatic N) is 4. The van der Waals surface area contributed by atoms with Crippen LogP contribution >= 0.6 is 11.6 Å². The molecule has 0 radical (unpaired) electrons. The van der Waals surface area contributed by atoms with Crippen molar-refractivity contribution in [3.8, 4) is 17.0 Å². The Labute approximate surface area is 203 Å². The van der Waals surface area contributed by atoms with Gasteiger partial charge in [-0.2, -0.15) is 5.10 Å². The number of hydrogen-bond acceptors (Lipinski definition) is 5. The van der Waals surface area contributed by atoms with E-state index >= 15 is 0 Å². The summed E-state index contributed by atoms with van der Waals surface area (Å²) < 4.78 is 7.21. The number of anilines is 1. The number of piperidine rings is 1. The van der Waals surface area contributed by atoms with Crippen molar-refractivity contribution in [2.45, 2.75) is 19.4 Å². The number of ether oxygens (including phenoxy) is 1. The topological polar surface area (TPSA) is 71.8 Å². The van der Waals surface area contributed by atoms with Gasteiger partial charge in [0.25, 0.3) is 0 Å². The van der Waals surface area contributed by atoms with Crippen LogP contribution in [0.5, 0.6) is 5.75 Å². The number of hydrogen-bond donors (Lipinski definition) is 1. The van der Waals surface area contributed by atoms with Crippen LogP contribution in [0.4, 0.5) is 5.82 Å². The van der Waals surface area contributed by atoms with E-state index in [4.69, 9.17) is 21.4 Å². The first-order chi connectivity index (χ1) is 16.6. The Kier molecular flexibility index (Phi) is 6.36. The lowest BCUT2D eigenvalue weighted by atomic mass is 9.97. The van der Waals surface area contributed by atoms with Gasteiger partial charge in [-0.15, -0.1) is 0 Å². The summed E-state index contributed by atoms with van der Waals surface area (Å²) in [4.78, 5) is 19.8. The molecule has 7 nitrogen and oxygen atoms in total. The van der Waals surface area contributed by atoms with Gasteiger partial charge < -0.3 is 15.0 Å². The van der Waals surface area contributed by atoms with Crippen LogP contribution in [0.1, 0.15) is 18.4 Å². The number of fused-ring (bicyclic) bond motifs is 1. The summed E-state index contributed by atoms with van der Waals surface area (Å²) in [6.45, 7) is 1.94. The SMILES string of the molecule is COc1cccc(-c2cc3c(N4CCC[C@H](C(=O)NCc5cccc(Cl)c5)C4)nccn3n2)c1. The molecule has 174 valence electrons. The second-order valence-corrected chi connectivity index (χ2v) is 8.91. The average Bonchev–Trinajstić information content (AvgIpc) is 3.32. The van der Waals surface area contributed by atoms with Crippen LogP contribution in [-0.2, 0) is 11.3 Å². The molecule has 8 heteroatoms. The monoisotopic (exact) mass is 475 g/mol. The maximum Gasteiger partial charge on any atom is 0.225 e. The van der Waals surface area contributed by atoms with Crippen molar-refractivity contribution in [3.63, 3.8) is 0 Å². The van der Waals surface area contributed by atoms with Gasteiger partial charge in [-0.3, -0.25) is 4.79 Å². The number of carbonyl (C=O) groups is 1. The van der Waals surface area contributed by atoms with Gasteiger partial charge >= 0.3 is 0 Å². The number of carbonyl (C=O) groups excluding carboxylic acids is 1. The van der Waals surface area contributed by atoms with Gasteiger partial charge in [-0.1, -0.05) is 35.9 Å². The second-order valence-electron chi connectivity index (χ2n) is 8.48. The number of benzene rings is 2. The Morgan fingerprint density at radius 2 is 2.09 bits per heavy atom. The maximum atomic E-state index is 12.9. The highest BCUT2D eigenvalue weighted by Gasteiger charge is 2.27. The molecule has 34 heavy (non-hydrogen) atoms. The lowest BCUT2D eigenvalue weighted by molar-refractivity contribution is -0.125. The summed E-state index contributed by atoms with van der Waals surface area (Å²) >= 11 is 6.06. The van der Waals surface area contributed by atoms with Crippen LogP contribution in [0.2, 0.25) is 5.02 Å². The Balaban J connectivity index is 1.33. The molecular formula is C26H26ClN5O2. The van der Waals surface area contributed by atoms with Crippen molar-refractivity contribution in [2.75, 3.05) is 25.1 Å². The van der Waals surface area contributed by atoms with Crippen LogP contribution in [0.3, 0.4) is 0 Å². The lowest BCUT2D eigenvalue weighted by Crippen LogP contribution is -2.43. The summed E-state index contributed by atoms with van der Waals surface area (Å²) in [5.41, 5.74) is 3.73. The Hall–Kier alpha value is -3.58. The molecule has 0 unspecified atom stereocenters. The second kappa shape index (κ2) is 9.73. The van der Waals surface area contributed by atoms with E-state index in [2.05, 4.69) is 15.2 Å². The molecule has 5 rings (SSSR count). The van der Waals surface area contributed by atoms with E-state index in [0.717, 1.165) is 53.3 Å². The van der Waals surface area contributed by atoms with Gasteiger partial charge in [0.15, 0.2) is 5.82 Å². The summed E-state index contributed by atoms with van der Waals surface area (Å²) in [7, 11) is 1.66. The Bertz CT molecular complexity index is 1320. The quantitative estimate of drug-likeness (QED) is 0.441. The summed E-state index contributed by atoms with van der Waals surface area (Å²) in [5.74, 6) is 1.59. The minimum Gasteiger partial charge on any atom is -0.497 e. The Morgan fingerprint density at radius 3 is 2.94 bits per heavy atom. The van der Waals surface area contributed by atoms with E-state index in [0.29, 0.717) is 18.1 Å². The van der Waals surface area contributed by atoms with E-state index in [1.165, 1.54) is 0 Å². The molecule has 4 aromatic rings. The first-order valence-electron chi connectivity index (χ1n) is 11.4. The van der Waals surface area contributed by atoms with Crippen molar-refractivity contribution in [1.82, 2.24) is 19.9 Å². The van der Waals surface area contributed by atoms with Gasteiger partial charge in [0, 0.05) is 42.6 Å². The molecule has 2 aromatic heterocycles. The molecule has 2 aromatic carbocycles. The van der Waals surface area contributed by atoms with Crippen LogP contribution in [0.25, 0.3) is 16.8 Å². The zero-order valence-corrected chi connectivity index (χ0v) is 19.7. The Morgan fingerprint density at radius 1 is 1.21 bits per heavy atom. The van der Waals surface area contributed by atoms with Gasteiger partial charge in [0.1, 0.15) is 11.3 Å². The zero-order valence-electron chi connectivity index (χ0n) is 18.9. The van der Waals surface area contributed by atoms with Gasteiger partial charge in [-0.05, 0) is 48.7 Å². The fourth-order valence-corrected chi connectivity index (χ4v) is 4.65. The molecule has 1 aliphatic heterocycles. The third-order valence-corrected chi connectivity index (χ3v) is 6.42. The highest BCUT2D eigenvalue weighted by atomic mass is 35.5. The van der Waals surface area contributed by atoms with E-state index in [9.17, 15) is 4.79 Å². The van der Waals surface area contributed by atoms with Crippen LogP contribution in [-0.4, -0.2) is 40.7 Å². The minimum atomic E-state index is -0.101. The molecule has 0 saturated carbocycles. The fraction of sp³-hybridized carbons (Fsp3) is 0.269. The number of aromatic nitrogens is 3. The van der Waals surface area contributed by atoms with Gasteiger partial charge in [-0.25, -0.2) is 9.50 Å². The average molecular weight is 476 g/mol. The molecule has 0 aliphatic carbocycles. The minimum absolute atomic E-state index is 0.0576. The smallest absolute Gasteiger partial charge is 0.225 e. The highest BCUT2D eigenvalue weighted by molar-refractivity contribution is 6.30. The number of amides is 1. The van der Waals surface area contributed by atoms with Crippen molar-refractivity contribution in [3.05, 3.63) is 77.6 Å². The number of rotatable bonds is 6. The van der Waals surface area contributed by atoms with Crippen molar-refractivity contribution in [2.24, 2.45) is 5.92 Å². The first kappa shape index (κ1) is 22.2. The van der Waals surface area contributed by atoms with Crippen LogP contribution < -0.4 is 15.0 Å². The lowest BCUT2D eigenvalue weighted by Gasteiger charge is -2.33. The van der Waals surface area contributed by atoms with Gasteiger partial charge in [0.2, 0.25) is 5.91 Å². The van der Waals surface area contributed by atoms with E-state index in [-0.39, 0.29) is 11.8 Å². The number of methoxy groups -OCH3 is 1. The standard InChI is InChI=1S/C26H26ClN5O2/c1-34-22-9-3-6-19(14-22)23-15-24-25(28-10-12-32(24)30-23)31-11-4-7-20(17-31)26(33)29-16-18-5-2-8-21(27)13-18/h2-3,5-6,8-10,12-15,20H,4,7,11,16-17H2,1H3,(H,29,33)/t20-/m0/s1. The molecule has 1 fully saturated rings. The largest absolute Gasteiger partial charge is 0.497 e. The van der Waals surface area contributed by atoms with Crippen molar-refractivity contribution in [1.29, 1.82) is 0 Å². The van der Waals surface area contributed by atoms with Gasteiger partial charge in [0.05, 0.1) is 18.7 Å². The molecule has 1 N–H and O–H groups in total. The normalized spacial score (nSPS) is 15.9. The molecule has 0 bridgehead atoms. The highest BCUT2D eigenvalue weighted by Crippen LogP contribution is 2.29. The molecule has 1 amide bonds. The van der Waals surface area contributed by atoms with Crippen molar-refractivity contribution >= 4 is 28.8 Å². The number of halogens is 1. The molecule has 1 saturated heterocycles. The maximum absolute atomic E-state index is 12.9. The predicted octanol–water partition coefficient (Wildman–Crippen LogP) is 4.59. The van der Waals surface area contributed by atoms with Crippen molar-refractivity contribution < 1.29 is 9.53 Å². The first-order valence-corrected chi connectivity index (χ1v) is 11.7.